The van der Waals surface area contributed by atoms with E-state index in [4.69, 9.17) is 0 Å². The highest BCUT2D eigenvalue weighted by molar-refractivity contribution is 5.69. The summed E-state index contributed by atoms with van der Waals surface area (Å²) < 4.78 is 0. The quantitative estimate of drug-likeness (QED) is 0.141. The van der Waals surface area contributed by atoms with Crippen molar-refractivity contribution in [3.63, 3.8) is 0 Å². The van der Waals surface area contributed by atoms with Gasteiger partial charge in [0.2, 0.25) is 0 Å². The lowest BCUT2D eigenvalue weighted by molar-refractivity contribution is 0.772. The molecule has 0 amide bonds. The monoisotopic (exact) mass is 720 g/mol. The molecule has 0 saturated heterocycles. The summed E-state index contributed by atoms with van der Waals surface area (Å²) in [5, 5.41) is 3.51. The molecule has 0 heterocycles. The minimum absolute atomic E-state index is 0.944. The Hall–Kier alpha value is -3.06. The second-order valence-electron chi connectivity index (χ2n) is 13.3. The molecule has 1 nitrogen and oxygen atoms in total. The predicted octanol–water partition coefficient (Wildman–Crippen LogP) is 18.8. The first-order chi connectivity index (χ1) is 24.6. The third-order valence-electron chi connectivity index (χ3n) is 7.14. The zero-order valence-electron chi connectivity index (χ0n) is 38.7. The van der Waals surface area contributed by atoms with Gasteiger partial charge in [-0.2, -0.15) is 0 Å². The second kappa shape index (κ2) is 47.9. The van der Waals surface area contributed by atoms with Gasteiger partial charge in [-0.25, -0.2) is 0 Å². The maximum Gasteiger partial charge on any atom is 0.0422 e. The number of unbranched alkanes of at least 4 members (excludes halogenated alkanes) is 4. The first-order valence-electron chi connectivity index (χ1n) is 20.7. The van der Waals surface area contributed by atoms with Crippen LogP contribution in [-0.4, -0.2) is 0 Å². The summed E-state index contributed by atoms with van der Waals surface area (Å²) in [6, 6.07) is 6.56. The van der Waals surface area contributed by atoms with Crippen molar-refractivity contribution >= 4 is 11.3 Å². The predicted molar refractivity (Wildman–Crippen MR) is 252 cm³/mol. The van der Waals surface area contributed by atoms with Crippen molar-refractivity contribution in [1.29, 1.82) is 0 Å². The van der Waals surface area contributed by atoms with Crippen LogP contribution in [0.25, 0.3) is 5.57 Å². The van der Waals surface area contributed by atoms with Crippen LogP contribution >= 0.6 is 0 Å². The molecular weight excluding hydrogens is 627 g/mol. The van der Waals surface area contributed by atoms with Crippen molar-refractivity contribution in [2.45, 2.75) is 195 Å². The molecule has 302 valence electrons. The Morgan fingerprint density at radius 1 is 0.635 bits per heavy atom. The number of rotatable bonds is 15. The van der Waals surface area contributed by atoms with Gasteiger partial charge in [0.05, 0.1) is 0 Å². The maximum atomic E-state index is 4.19. The van der Waals surface area contributed by atoms with E-state index in [2.05, 4.69) is 165 Å². The third-order valence-corrected chi connectivity index (χ3v) is 7.14. The summed E-state index contributed by atoms with van der Waals surface area (Å²) in [4.78, 5) is 0. The number of aryl methyl sites for hydroxylation is 1. The molecule has 0 saturated carbocycles. The van der Waals surface area contributed by atoms with Gasteiger partial charge in [-0.3, -0.25) is 0 Å². The van der Waals surface area contributed by atoms with Crippen LogP contribution in [0.15, 0.2) is 108 Å². The summed E-state index contributed by atoms with van der Waals surface area (Å²) in [5.41, 5.74) is 12.0. The average molecular weight is 720 g/mol. The Morgan fingerprint density at radius 2 is 1.13 bits per heavy atom. The number of hydrogen-bond acceptors (Lipinski definition) is 1. The number of anilines is 1. The molecular formula is C51H93N. The van der Waals surface area contributed by atoms with Crippen LogP contribution in [0.1, 0.15) is 200 Å². The van der Waals surface area contributed by atoms with E-state index in [1.807, 2.05) is 39.8 Å². The summed E-state index contributed by atoms with van der Waals surface area (Å²) in [7, 11) is 0. The maximum absolute atomic E-state index is 4.19. The van der Waals surface area contributed by atoms with Gasteiger partial charge in [-0.15, -0.1) is 6.58 Å². The summed E-state index contributed by atoms with van der Waals surface area (Å²) in [6.45, 7) is 53.6. The molecule has 1 rings (SSSR count). The molecule has 0 atom stereocenters. The highest BCUT2D eigenvalue weighted by Gasteiger charge is 2.07. The first-order valence-corrected chi connectivity index (χ1v) is 20.7. The Balaban J connectivity index is -0.000000149. The minimum Gasteiger partial charge on any atom is -0.356 e. The van der Waals surface area contributed by atoms with Gasteiger partial charge in [0.15, 0.2) is 0 Å². The lowest BCUT2D eigenvalue weighted by Crippen LogP contribution is -2.03. The van der Waals surface area contributed by atoms with Gasteiger partial charge in [0.25, 0.3) is 0 Å². The van der Waals surface area contributed by atoms with Crippen molar-refractivity contribution in [2.75, 3.05) is 5.32 Å². The van der Waals surface area contributed by atoms with Crippen LogP contribution in [0.5, 0.6) is 0 Å². The molecule has 0 bridgehead atoms. The standard InChI is InChI=1S/C22H31N.C9H14.C6H12.C5H12.C4H10.C3H8.C2H6/c1-8-9-10-20-13-14-21(17(4)5)15-22(20)23-19(7)18(6)12-11-16(2)3;1-5-7-9(4)8(3)6-2;1-4-5-6(2)3;1-3-5-4-2;1-3-4-2;1-3-2;1-2/h11-15,23H,4,7-10H2,1-3,5-6H3;5-7H,1H2,2-4H3;2,4-5H2,1,3H3;3-5H2,1-2H3;3-4H2,1-2H3;3H2,1-2H3;1-2H3/b18-12+;8-6-,9-7-;;;;;. The summed E-state index contributed by atoms with van der Waals surface area (Å²) in [6.07, 6.45) is 24.0. The Morgan fingerprint density at radius 3 is 1.44 bits per heavy atom. The van der Waals surface area contributed by atoms with E-state index in [9.17, 15) is 0 Å². The fourth-order valence-electron chi connectivity index (χ4n) is 3.51. The van der Waals surface area contributed by atoms with Crippen molar-refractivity contribution in [3.8, 4) is 0 Å². The zero-order chi connectivity index (χ0) is 41.9. The van der Waals surface area contributed by atoms with Crippen molar-refractivity contribution in [2.24, 2.45) is 0 Å². The number of hydrogen-bond donors (Lipinski definition) is 1. The second-order valence-corrected chi connectivity index (χ2v) is 13.3. The van der Waals surface area contributed by atoms with Crippen LogP contribution < -0.4 is 5.32 Å². The zero-order valence-corrected chi connectivity index (χ0v) is 38.7. The van der Waals surface area contributed by atoms with Gasteiger partial charge in [0.1, 0.15) is 0 Å². The van der Waals surface area contributed by atoms with Gasteiger partial charge >= 0.3 is 0 Å². The molecule has 0 spiro atoms. The Bertz CT molecular complexity index is 1110. The van der Waals surface area contributed by atoms with E-state index in [-0.39, 0.29) is 0 Å². The van der Waals surface area contributed by atoms with Gasteiger partial charge in [-0.05, 0) is 103 Å². The number of allylic oxidation sites excluding steroid dienone is 11. The molecule has 0 fully saturated rings. The fourth-order valence-corrected chi connectivity index (χ4v) is 3.51. The topological polar surface area (TPSA) is 12.0 Å². The highest BCUT2D eigenvalue weighted by Crippen LogP contribution is 2.26. The molecule has 0 aliphatic heterocycles. The minimum atomic E-state index is 0.944. The first kappa shape index (κ1) is 61.0. The summed E-state index contributed by atoms with van der Waals surface area (Å²) >= 11 is 0. The molecule has 52 heavy (non-hydrogen) atoms. The summed E-state index contributed by atoms with van der Waals surface area (Å²) in [5.74, 6) is 0. The number of benzene rings is 1. The van der Waals surface area contributed by atoms with E-state index in [1.54, 1.807) is 0 Å². The Kier molecular flexibility index (Phi) is 56.2. The average Bonchev–Trinajstić information content (AvgIpc) is 3.12. The van der Waals surface area contributed by atoms with E-state index in [1.165, 1.54) is 97.6 Å². The molecule has 0 unspecified atom stereocenters. The van der Waals surface area contributed by atoms with Crippen LogP contribution in [0.4, 0.5) is 5.69 Å². The van der Waals surface area contributed by atoms with Crippen LogP contribution in [0.3, 0.4) is 0 Å². The molecule has 0 aliphatic carbocycles. The molecule has 1 heteroatoms. The normalized spacial score (nSPS) is 10.1. The molecule has 0 aliphatic rings. The molecule has 0 aromatic heterocycles. The lowest BCUT2D eigenvalue weighted by Gasteiger charge is -2.16. The largest absolute Gasteiger partial charge is 0.356 e. The van der Waals surface area contributed by atoms with E-state index < -0.39 is 0 Å². The van der Waals surface area contributed by atoms with E-state index in [0.29, 0.717) is 0 Å². The van der Waals surface area contributed by atoms with E-state index >= 15 is 0 Å². The van der Waals surface area contributed by atoms with Gasteiger partial charge < -0.3 is 5.32 Å². The van der Waals surface area contributed by atoms with E-state index in [0.717, 1.165) is 29.0 Å². The van der Waals surface area contributed by atoms with Crippen LogP contribution in [-0.2, 0) is 6.42 Å². The van der Waals surface area contributed by atoms with Gasteiger partial charge in [0, 0.05) is 11.4 Å². The van der Waals surface area contributed by atoms with Crippen LogP contribution in [0, 0.1) is 0 Å². The van der Waals surface area contributed by atoms with Crippen molar-refractivity contribution in [3.05, 3.63) is 120 Å². The molecule has 1 N–H and O–H groups in total. The lowest BCUT2D eigenvalue weighted by atomic mass is 10.0. The SMILES string of the molecule is C=C(C)CCC.C=C(Nc1cc(C(=C)C)ccc1CCCC)/C(C)=C/C=C(C)C.C=C/C=C(C)\C(C)=C/C.CC.CCC.CCCC.CCCCC. The Labute approximate surface area is 330 Å². The number of nitrogens with one attached hydrogen (secondary N) is 1. The van der Waals surface area contributed by atoms with Crippen molar-refractivity contribution < 1.29 is 0 Å². The van der Waals surface area contributed by atoms with Crippen molar-refractivity contribution in [1.82, 2.24) is 0 Å². The molecule has 0 radical (unpaired) electrons. The fraction of sp³-hybridized carbons (Fsp3) is 0.569. The molecule has 1 aromatic carbocycles. The van der Waals surface area contributed by atoms with Crippen LogP contribution in [0.2, 0.25) is 0 Å². The van der Waals surface area contributed by atoms with Gasteiger partial charge in [-0.1, -0.05) is 205 Å². The molecule has 1 aromatic rings. The highest BCUT2D eigenvalue weighted by atomic mass is 14.9. The smallest absolute Gasteiger partial charge is 0.0422 e. The third kappa shape index (κ3) is 46.9.